The zero-order chi connectivity index (χ0) is 22.9. The zero-order valence-electron chi connectivity index (χ0n) is 18.8. The highest BCUT2D eigenvalue weighted by molar-refractivity contribution is 6.04. The number of amides is 1. The third-order valence-electron chi connectivity index (χ3n) is 6.10. The monoisotopic (exact) mass is 443 g/mol. The van der Waals surface area contributed by atoms with E-state index in [1.54, 1.807) is 4.68 Å². The van der Waals surface area contributed by atoms with E-state index in [0.29, 0.717) is 23.0 Å². The molecule has 0 aliphatic heterocycles. The van der Waals surface area contributed by atoms with Gasteiger partial charge in [0.1, 0.15) is 5.76 Å². The van der Waals surface area contributed by atoms with E-state index >= 15 is 0 Å². The lowest BCUT2D eigenvalue weighted by Crippen LogP contribution is -2.15. The molecule has 1 aliphatic rings. The molecule has 1 aromatic carbocycles. The fourth-order valence-corrected chi connectivity index (χ4v) is 3.99. The number of benzene rings is 1. The van der Waals surface area contributed by atoms with Crippen LogP contribution in [0, 0.1) is 20.8 Å². The van der Waals surface area contributed by atoms with Crippen LogP contribution in [-0.2, 0) is 12.8 Å². The molecule has 0 unspecified atom stereocenters. The van der Waals surface area contributed by atoms with Crippen LogP contribution in [0.4, 0.5) is 17.2 Å². The molecule has 0 spiro atoms. The average Bonchev–Trinajstić information content (AvgIpc) is 3.38. The fourth-order valence-electron chi connectivity index (χ4n) is 3.99. The number of carbonyl (C=O) groups is 1. The summed E-state index contributed by atoms with van der Waals surface area (Å²) in [7, 11) is 0. The van der Waals surface area contributed by atoms with Gasteiger partial charge in [0.25, 0.3) is 5.91 Å². The number of anilines is 3. The molecule has 2 N–H and O–H groups in total. The van der Waals surface area contributed by atoms with Crippen LogP contribution in [-0.4, -0.2) is 31.0 Å². The van der Waals surface area contributed by atoms with Crippen molar-refractivity contribution in [3.8, 4) is 5.82 Å². The van der Waals surface area contributed by atoms with Gasteiger partial charge in [0.05, 0.1) is 5.69 Å². The van der Waals surface area contributed by atoms with Crippen molar-refractivity contribution in [2.75, 3.05) is 10.6 Å². The van der Waals surface area contributed by atoms with Crippen LogP contribution in [0.2, 0.25) is 0 Å². The minimum atomic E-state index is -0.247. The second kappa shape index (κ2) is 8.50. The normalized spacial score (nSPS) is 12.9. The minimum absolute atomic E-state index is 0.247. The van der Waals surface area contributed by atoms with Crippen LogP contribution in [0.1, 0.15) is 51.6 Å². The molecule has 0 atom stereocenters. The Bertz CT molecular complexity index is 1300. The maximum absolute atomic E-state index is 12.6. The lowest BCUT2D eigenvalue weighted by molar-refractivity contribution is 0.101. The van der Waals surface area contributed by atoms with Crippen LogP contribution < -0.4 is 10.6 Å². The molecule has 168 valence electrons. The Morgan fingerprint density at radius 1 is 0.970 bits per heavy atom. The van der Waals surface area contributed by atoms with E-state index in [1.807, 2.05) is 57.2 Å². The summed E-state index contributed by atoms with van der Waals surface area (Å²) >= 11 is 0. The molecular formula is C24H25N7O2. The number of rotatable bonds is 5. The molecule has 3 aromatic heterocycles. The van der Waals surface area contributed by atoms with Crippen LogP contribution >= 0.6 is 0 Å². The summed E-state index contributed by atoms with van der Waals surface area (Å²) in [5, 5.41) is 23.2. The molecule has 9 nitrogen and oxygen atoms in total. The number of fused-ring (bicyclic) bond motifs is 1. The number of nitrogens with one attached hydrogen (secondary N) is 2. The third kappa shape index (κ3) is 4.09. The van der Waals surface area contributed by atoms with E-state index in [4.69, 9.17) is 4.52 Å². The Morgan fingerprint density at radius 2 is 1.73 bits per heavy atom. The molecule has 0 bridgehead atoms. The number of aromatic nitrogens is 5. The van der Waals surface area contributed by atoms with E-state index in [1.165, 1.54) is 0 Å². The van der Waals surface area contributed by atoms with Gasteiger partial charge in [-0.1, -0.05) is 5.16 Å². The third-order valence-corrected chi connectivity index (χ3v) is 6.10. The first kappa shape index (κ1) is 20.9. The van der Waals surface area contributed by atoms with Gasteiger partial charge in [0, 0.05) is 29.1 Å². The van der Waals surface area contributed by atoms with Gasteiger partial charge in [-0.2, -0.15) is 5.10 Å². The molecule has 1 amide bonds. The van der Waals surface area contributed by atoms with Crippen LogP contribution in [0.5, 0.6) is 0 Å². The van der Waals surface area contributed by atoms with E-state index in [9.17, 15) is 4.79 Å². The first-order chi connectivity index (χ1) is 16.0. The van der Waals surface area contributed by atoms with Crippen molar-refractivity contribution in [2.45, 2.75) is 46.5 Å². The Hall–Kier alpha value is -4.01. The summed E-state index contributed by atoms with van der Waals surface area (Å²) in [4.78, 5) is 12.6. The van der Waals surface area contributed by atoms with E-state index < -0.39 is 0 Å². The van der Waals surface area contributed by atoms with Gasteiger partial charge in [-0.25, -0.2) is 4.68 Å². The molecule has 3 heterocycles. The number of hydrogen-bond acceptors (Lipinski definition) is 7. The first-order valence-electron chi connectivity index (χ1n) is 11.0. The van der Waals surface area contributed by atoms with Crippen molar-refractivity contribution in [1.29, 1.82) is 0 Å². The second-order valence-corrected chi connectivity index (χ2v) is 8.28. The Balaban J connectivity index is 1.24. The highest BCUT2D eigenvalue weighted by atomic mass is 16.5. The largest absolute Gasteiger partial charge is 0.360 e. The summed E-state index contributed by atoms with van der Waals surface area (Å²) in [6.45, 7) is 6.04. The molecular weight excluding hydrogens is 418 g/mol. The number of nitrogens with zero attached hydrogens (tertiary/aromatic N) is 5. The summed E-state index contributed by atoms with van der Waals surface area (Å²) in [6.07, 6.45) is 3.82. The van der Waals surface area contributed by atoms with Gasteiger partial charge < -0.3 is 15.2 Å². The van der Waals surface area contributed by atoms with Gasteiger partial charge in [-0.05, 0) is 82.0 Å². The van der Waals surface area contributed by atoms with Crippen LogP contribution in [0.3, 0.4) is 0 Å². The highest BCUT2D eigenvalue weighted by Gasteiger charge is 2.24. The number of aryl methyl sites for hydroxylation is 2. The highest BCUT2D eigenvalue weighted by Crippen LogP contribution is 2.25. The molecule has 4 aromatic rings. The molecule has 33 heavy (non-hydrogen) atoms. The SMILES string of the molecule is Cc1nn(-c2ccc(Nc3ccc(NC(=O)c4noc5c4CCCC5)cc3)nn2)c(C)c1C. The Kier molecular flexibility index (Phi) is 5.37. The molecule has 0 saturated heterocycles. The fraction of sp³-hybridized carbons (Fsp3) is 0.292. The van der Waals surface area contributed by atoms with Crippen molar-refractivity contribution < 1.29 is 9.32 Å². The summed E-state index contributed by atoms with van der Waals surface area (Å²) in [5.41, 5.74) is 6.01. The lowest BCUT2D eigenvalue weighted by atomic mass is 9.96. The topological polar surface area (TPSA) is 111 Å². The first-order valence-corrected chi connectivity index (χ1v) is 11.0. The summed E-state index contributed by atoms with van der Waals surface area (Å²) < 4.78 is 7.14. The minimum Gasteiger partial charge on any atom is -0.360 e. The standard InChI is InChI=1S/C24H25N7O2/c1-14-15(2)29-31(16(14)3)22-13-12-21(27-28-22)25-17-8-10-18(11-9-17)26-24(32)23-19-6-4-5-7-20(19)33-30-23/h8-13H,4-7H2,1-3H3,(H,25,27)(H,26,32). The molecule has 5 rings (SSSR count). The van der Waals surface area contributed by atoms with Gasteiger partial charge in [0.15, 0.2) is 17.3 Å². The van der Waals surface area contributed by atoms with Crippen molar-refractivity contribution in [2.24, 2.45) is 0 Å². The van der Waals surface area contributed by atoms with E-state index in [0.717, 1.165) is 59.6 Å². The van der Waals surface area contributed by atoms with Gasteiger partial charge in [0.2, 0.25) is 0 Å². The second-order valence-electron chi connectivity index (χ2n) is 8.28. The van der Waals surface area contributed by atoms with Crippen molar-refractivity contribution >= 4 is 23.1 Å². The molecule has 1 aliphatic carbocycles. The summed E-state index contributed by atoms with van der Waals surface area (Å²) in [5.74, 6) is 1.87. The number of carbonyl (C=O) groups excluding carboxylic acids is 1. The molecule has 0 saturated carbocycles. The van der Waals surface area contributed by atoms with Crippen molar-refractivity contribution in [3.05, 3.63) is 70.4 Å². The molecule has 0 radical (unpaired) electrons. The zero-order valence-corrected chi connectivity index (χ0v) is 18.8. The Labute approximate surface area is 191 Å². The predicted molar refractivity (Wildman–Crippen MR) is 124 cm³/mol. The predicted octanol–water partition coefficient (Wildman–Crippen LogP) is 4.45. The molecule has 9 heteroatoms. The quantitative estimate of drug-likeness (QED) is 0.469. The Morgan fingerprint density at radius 3 is 2.42 bits per heavy atom. The lowest BCUT2D eigenvalue weighted by Gasteiger charge is -2.10. The average molecular weight is 444 g/mol. The molecule has 0 fully saturated rings. The van der Waals surface area contributed by atoms with Crippen LogP contribution in [0.25, 0.3) is 5.82 Å². The number of hydrogen-bond donors (Lipinski definition) is 2. The smallest absolute Gasteiger partial charge is 0.278 e. The van der Waals surface area contributed by atoms with E-state index in [-0.39, 0.29) is 5.91 Å². The maximum atomic E-state index is 12.6. The van der Waals surface area contributed by atoms with Crippen molar-refractivity contribution in [1.82, 2.24) is 25.1 Å². The van der Waals surface area contributed by atoms with Gasteiger partial charge >= 0.3 is 0 Å². The van der Waals surface area contributed by atoms with Crippen molar-refractivity contribution in [3.63, 3.8) is 0 Å². The summed E-state index contributed by atoms with van der Waals surface area (Å²) in [6, 6.07) is 11.1. The van der Waals surface area contributed by atoms with Crippen LogP contribution in [0.15, 0.2) is 40.9 Å². The van der Waals surface area contributed by atoms with E-state index in [2.05, 4.69) is 31.1 Å². The maximum Gasteiger partial charge on any atom is 0.278 e. The van der Waals surface area contributed by atoms with Gasteiger partial charge in [-0.3, -0.25) is 4.79 Å². The van der Waals surface area contributed by atoms with Gasteiger partial charge in [-0.15, -0.1) is 10.2 Å².